The fraction of sp³-hybridized carbons (Fsp3) is 0.286. The van der Waals surface area contributed by atoms with Crippen molar-refractivity contribution in [2.75, 3.05) is 12.0 Å². The zero-order valence-corrected chi connectivity index (χ0v) is 17.6. The van der Waals surface area contributed by atoms with E-state index in [1.54, 1.807) is 13.0 Å². The molecule has 1 fully saturated rings. The number of alkyl halides is 1. The molecule has 3 heterocycles. The van der Waals surface area contributed by atoms with E-state index in [2.05, 4.69) is 25.3 Å². The predicted octanol–water partition coefficient (Wildman–Crippen LogP) is 3.92. The highest BCUT2D eigenvalue weighted by Gasteiger charge is 2.66. The summed E-state index contributed by atoms with van der Waals surface area (Å²) in [6.07, 6.45) is 3.11. The molecule has 3 N–H and O–H groups in total. The number of nitrogens with zero attached hydrogens (tertiary/aromatic N) is 5. The van der Waals surface area contributed by atoms with Gasteiger partial charge in [0.15, 0.2) is 22.6 Å². The van der Waals surface area contributed by atoms with Crippen LogP contribution in [0.5, 0.6) is 0 Å². The number of nitrogens with two attached hydrogens (primary N) is 1. The van der Waals surface area contributed by atoms with Gasteiger partial charge in [0.1, 0.15) is 24.6 Å². The molecule has 1 aliphatic carbocycles. The number of hydrogen-bond acceptors (Lipinski definition) is 8. The number of hydrogen-bond donors (Lipinski definition) is 2. The molecular formula is C21H16F3N7S. The van der Waals surface area contributed by atoms with E-state index in [1.165, 1.54) is 18.6 Å². The molecule has 0 unspecified atom stereocenters. The molecule has 0 spiro atoms. The van der Waals surface area contributed by atoms with Crippen LogP contribution in [0.4, 0.5) is 24.7 Å². The largest absolute Gasteiger partial charge is 0.378 e. The van der Waals surface area contributed by atoms with Crippen molar-refractivity contribution in [3.8, 4) is 6.07 Å². The second-order valence-corrected chi connectivity index (χ2v) is 9.46. The molecule has 2 aliphatic rings. The highest BCUT2D eigenvalue weighted by atomic mass is 32.2. The quantitative estimate of drug-likeness (QED) is 0.613. The highest BCUT2D eigenvalue weighted by Crippen LogP contribution is 2.66. The predicted molar refractivity (Wildman–Crippen MR) is 115 cm³/mol. The van der Waals surface area contributed by atoms with E-state index in [0.29, 0.717) is 23.0 Å². The van der Waals surface area contributed by atoms with Crippen molar-refractivity contribution < 1.29 is 13.2 Å². The van der Waals surface area contributed by atoms with Gasteiger partial charge in [-0.3, -0.25) is 4.99 Å². The van der Waals surface area contributed by atoms with Gasteiger partial charge in [-0.2, -0.15) is 5.26 Å². The molecule has 5 rings (SSSR count). The zero-order chi connectivity index (χ0) is 22.7. The number of rotatable bonds is 4. The van der Waals surface area contributed by atoms with Crippen LogP contribution in [0.15, 0.2) is 35.7 Å². The van der Waals surface area contributed by atoms with Crippen molar-refractivity contribution in [3.05, 3.63) is 53.5 Å². The van der Waals surface area contributed by atoms with Gasteiger partial charge in [-0.05, 0) is 25.5 Å². The fourth-order valence-electron chi connectivity index (χ4n) is 4.33. The van der Waals surface area contributed by atoms with Crippen LogP contribution in [0.2, 0.25) is 0 Å². The molecule has 0 amide bonds. The third kappa shape index (κ3) is 3.05. The number of nitriles is 1. The number of amidine groups is 1. The molecule has 7 nitrogen and oxygen atoms in total. The van der Waals surface area contributed by atoms with Crippen LogP contribution in [0.25, 0.3) is 11.0 Å². The number of anilines is 2. The standard InChI is InChI=1S/C21H16F3N7S/c1-20(15-5-21(15,8-22)32-19(26)31-20)12-3-11(4-13(23)16(12)24)30-18-17-14(28-9-29-18)2-10(6-25)7-27-17/h2-4,7,9,15H,5,8H2,1H3,(H2,26,31)(H,28,29,30)/t15-,20+,21+/m0/s1. The van der Waals surface area contributed by atoms with Gasteiger partial charge in [0.25, 0.3) is 0 Å². The van der Waals surface area contributed by atoms with Crippen LogP contribution < -0.4 is 11.1 Å². The molecule has 1 aliphatic heterocycles. The monoisotopic (exact) mass is 455 g/mol. The minimum absolute atomic E-state index is 0.0123. The summed E-state index contributed by atoms with van der Waals surface area (Å²) in [4.78, 5) is 16.9. The van der Waals surface area contributed by atoms with Gasteiger partial charge in [0, 0.05) is 29.4 Å². The third-order valence-corrected chi connectivity index (χ3v) is 7.29. The van der Waals surface area contributed by atoms with E-state index < -0.39 is 28.6 Å². The normalized spacial score (nSPS) is 26.2. The second kappa shape index (κ2) is 7.06. The summed E-state index contributed by atoms with van der Waals surface area (Å²) < 4.78 is 42.6. The van der Waals surface area contributed by atoms with Crippen LogP contribution in [0, 0.1) is 28.9 Å². The lowest BCUT2D eigenvalue weighted by molar-refractivity contribution is 0.357. The average Bonchev–Trinajstić information content (AvgIpc) is 3.51. The summed E-state index contributed by atoms with van der Waals surface area (Å²) in [5.74, 6) is -2.19. The topological polar surface area (TPSA) is 113 Å². The first kappa shape index (κ1) is 20.5. The first-order chi connectivity index (χ1) is 15.3. The molecule has 1 aromatic carbocycles. The van der Waals surface area contributed by atoms with Gasteiger partial charge in [0.2, 0.25) is 0 Å². The van der Waals surface area contributed by atoms with Gasteiger partial charge in [-0.15, -0.1) is 0 Å². The van der Waals surface area contributed by atoms with Crippen LogP contribution in [0.1, 0.15) is 24.5 Å². The number of nitrogens with one attached hydrogen (secondary N) is 1. The Bertz CT molecular complexity index is 1340. The van der Waals surface area contributed by atoms with Crippen molar-refractivity contribution in [1.29, 1.82) is 5.26 Å². The Kier molecular flexibility index (Phi) is 4.53. The Hall–Kier alpha value is -3.39. The van der Waals surface area contributed by atoms with Gasteiger partial charge in [0.05, 0.1) is 21.4 Å². The molecule has 32 heavy (non-hydrogen) atoms. The maximum absolute atomic E-state index is 15.0. The number of fused-ring (bicyclic) bond motifs is 2. The number of thioether (sulfide) groups is 1. The Morgan fingerprint density at radius 2 is 2.09 bits per heavy atom. The molecule has 3 aromatic rings. The minimum atomic E-state index is -1.21. The summed E-state index contributed by atoms with van der Waals surface area (Å²) in [6, 6.07) is 5.97. The van der Waals surface area contributed by atoms with E-state index in [4.69, 9.17) is 11.0 Å². The van der Waals surface area contributed by atoms with E-state index in [9.17, 15) is 13.2 Å². The Balaban J connectivity index is 1.58. The molecule has 11 heteroatoms. The van der Waals surface area contributed by atoms with E-state index in [0.717, 1.165) is 17.8 Å². The Labute approximate surface area is 185 Å². The van der Waals surface area contributed by atoms with Gasteiger partial charge >= 0.3 is 0 Å². The minimum Gasteiger partial charge on any atom is -0.378 e. The molecule has 3 atom stereocenters. The summed E-state index contributed by atoms with van der Waals surface area (Å²) in [7, 11) is 0. The molecule has 1 saturated carbocycles. The maximum atomic E-state index is 15.0. The maximum Gasteiger partial charge on any atom is 0.164 e. The van der Waals surface area contributed by atoms with Crippen molar-refractivity contribution in [1.82, 2.24) is 15.0 Å². The number of halogens is 3. The van der Waals surface area contributed by atoms with Gasteiger partial charge in [-0.25, -0.2) is 28.1 Å². The summed E-state index contributed by atoms with van der Waals surface area (Å²) >= 11 is 1.15. The van der Waals surface area contributed by atoms with Crippen molar-refractivity contribution in [2.24, 2.45) is 16.6 Å². The Morgan fingerprint density at radius 3 is 2.84 bits per heavy atom. The molecule has 0 radical (unpaired) electrons. The van der Waals surface area contributed by atoms with Crippen LogP contribution in [0.3, 0.4) is 0 Å². The zero-order valence-electron chi connectivity index (χ0n) is 16.7. The van der Waals surface area contributed by atoms with E-state index >= 15 is 0 Å². The van der Waals surface area contributed by atoms with Crippen molar-refractivity contribution in [2.45, 2.75) is 23.6 Å². The van der Waals surface area contributed by atoms with Crippen LogP contribution in [-0.4, -0.2) is 31.5 Å². The number of pyridine rings is 1. The first-order valence-corrected chi connectivity index (χ1v) is 10.5. The highest BCUT2D eigenvalue weighted by molar-refractivity contribution is 8.15. The average molecular weight is 455 g/mol. The molecule has 2 aromatic heterocycles. The number of aromatic nitrogens is 3. The molecular weight excluding hydrogens is 439 g/mol. The van der Waals surface area contributed by atoms with E-state index in [-0.39, 0.29) is 28.2 Å². The molecule has 162 valence electrons. The fourth-order valence-corrected chi connectivity index (χ4v) is 5.66. The summed E-state index contributed by atoms with van der Waals surface area (Å²) in [5.41, 5.74) is 6.03. The van der Waals surface area contributed by atoms with Crippen molar-refractivity contribution in [3.63, 3.8) is 0 Å². The lowest BCUT2D eigenvalue weighted by atomic mass is 9.85. The van der Waals surface area contributed by atoms with Crippen LogP contribution in [-0.2, 0) is 5.54 Å². The number of aliphatic imine (C=N–C) groups is 1. The molecule has 0 bridgehead atoms. The molecule has 0 saturated heterocycles. The Morgan fingerprint density at radius 1 is 1.28 bits per heavy atom. The van der Waals surface area contributed by atoms with Crippen molar-refractivity contribution >= 4 is 39.5 Å². The second-order valence-electron chi connectivity index (χ2n) is 8.03. The third-order valence-electron chi connectivity index (χ3n) is 6.02. The van der Waals surface area contributed by atoms with Crippen LogP contribution >= 0.6 is 11.8 Å². The summed E-state index contributed by atoms with van der Waals surface area (Å²) in [5, 5.41) is 12.1. The van der Waals surface area contributed by atoms with E-state index in [1.807, 2.05) is 6.07 Å². The first-order valence-electron chi connectivity index (χ1n) is 9.67. The lowest BCUT2D eigenvalue weighted by Gasteiger charge is -2.33. The SMILES string of the molecule is C[C@]1(c2cc(Nc3ncnc4cc(C#N)cnc34)cc(F)c2F)N=C(N)S[C@@]2(CF)C[C@H]21. The number of benzene rings is 1. The van der Waals surface area contributed by atoms with Gasteiger partial charge in [-0.1, -0.05) is 11.8 Å². The lowest BCUT2D eigenvalue weighted by Crippen LogP contribution is -2.37. The summed E-state index contributed by atoms with van der Waals surface area (Å²) in [6.45, 7) is 1.02. The van der Waals surface area contributed by atoms with Gasteiger partial charge < -0.3 is 11.1 Å². The smallest absolute Gasteiger partial charge is 0.164 e.